The number of ether oxygens (including phenoxy) is 2. The number of rotatable bonds is 8. The molecule has 0 aliphatic rings. The Balaban J connectivity index is 1.44. The van der Waals surface area contributed by atoms with Crippen LogP contribution in [-0.4, -0.2) is 23.3 Å². The minimum atomic E-state index is -0.266. The van der Waals surface area contributed by atoms with E-state index in [-0.39, 0.29) is 11.5 Å². The molecular formula is C25H22N4O3. The van der Waals surface area contributed by atoms with Gasteiger partial charge in [0.05, 0.1) is 19.0 Å². The standard InChI is InChI=1S/C25H22N4O3/c1-31-23-14-19(12-13-22(23)32-17-18-8-4-2-5-9-18)16-26-29-25-27-21(15-24(30)28-25)20-10-6-3-7-11-20/h2-16H,17H2,1H3,(H2,27,28,29,30)/b26-16+. The van der Waals surface area contributed by atoms with Gasteiger partial charge in [0.2, 0.25) is 5.95 Å². The van der Waals surface area contributed by atoms with E-state index in [4.69, 9.17) is 9.47 Å². The summed E-state index contributed by atoms with van der Waals surface area (Å²) >= 11 is 0. The lowest BCUT2D eigenvalue weighted by Crippen LogP contribution is -2.10. The van der Waals surface area contributed by atoms with Gasteiger partial charge in [0, 0.05) is 11.6 Å². The summed E-state index contributed by atoms with van der Waals surface area (Å²) in [5.74, 6) is 1.49. The first kappa shape index (κ1) is 20.9. The number of nitrogens with one attached hydrogen (secondary N) is 2. The van der Waals surface area contributed by atoms with Gasteiger partial charge in [-0.3, -0.25) is 9.78 Å². The Bertz CT molecular complexity index is 1260. The zero-order valence-electron chi connectivity index (χ0n) is 17.5. The molecule has 0 unspecified atom stereocenters. The second kappa shape index (κ2) is 10.1. The number of hydrazone groups is 1. The Kier molecular flexibility index (Phi) is 6.57. The summed E-state index contributed by atoms with van der Waals surface area (Å²) in [6.45, 7) is 0.447. The Morgan fingerprint density at radius 3 is 2.47 bits per heavy atom. The molecule has 0 amide bonds. The van der Waals surface area contributed by atoms with Gasteiger partial charge in [-0.2, -0.15) is 5.10 Å². The highest BCUT2D eigenvalue weighted by Gasteiger charge is 2.06. The molecule has 160 valence electrons. The van der Waals surface area contributed by atoms with Crippen LogP contribution in [0.5, 0.6) is 11.5 Å². The van der Waals surface area contributed by atoms with Crippen LogP contribution in [0.4, 0.5) is 5.95 Å². The number of aromatic amines is 1. The van der Waals surface area contributed by atoms with Gasteiger partial charge in [-0.15, -0.1) is 0 Å². The van der Waals surface area contributed by atoms with Crippen molar-refractivity contribution in [1.82, 2.24) is 9.97 Å². The second-order valence-corrected chi connectivity index (χ2v) is 6.90. The van der Waals surface area contributed by atoms with Crippen molar-refractivity contribution in [3.8, 4) is 22.8 Å². The van der Waals surface area contributed by atoms with Crippen molar-refractivity contribution in [2.24, 2.45) is 5.10 Å². The number of hydrogen-bond acceptors (Lipinski definition) is 6. The normalized spacial score (nSPS) is 10.8. The molecule has 4 aromatic rings. The Morgan fingerprint density at radius 2 is 1.72 bits per heavy atom. The lowest BCUT2D eigenvalue weighted by Gasteiger charge is -2.11. The van der Waals surface area contributed by atoms with Gasteiger partial charge in [-0.05, 0) is 29.3 Å². The third-order valence-electron chi connectivity index (χ3n) is 4.62. The number of H-pyrrole nitrogens is 1. The number of aromatic nitrogens is 2. The van der Waals surface area contributed by atoms with Gasteiger partial charge in [-0.25, -0.2) is 10.4 Å². The van der Waals surface area contributed by atoms with Crippen LogP contribution < -0.4 is 20.5 Å². The quantitative estimate of drug-likeness (QED) is 0.321. The summed E-state index contributed by atoms with van der Waals surface area (Å²) < 4.78 is 11.3. The molecule has 0 aliphatic carbocycles. The van der Waals surface area contributed by atoms with Crippen LogP contribution in [-0.2, 0) is 6.61 Å². The highest BCUT2D eigenvalue weighted by Crippen LogP contribution is 2.28. The molecule has 1 heterocycles. The molecule has 7 nitrogen and oxygen atoms in total. The fraction of sp³-hybridized carbons (Fsp3) is 0.0800. The first-order chi connectivity index (χ1) is 15.7. The van der Waals surface area contributed by atoms with Gasteiger partial charge in [-0.1, -0.05) is 60.7 Å². The smallest absolute Gasteiger partial charge is 0.252 e. The molecule has 0 aliphatic heterocycles. The predicted octanol–water partition coefficient (Wildman–Crippen LogP) is 4.47. The van der Waals surface area contributed by atoms with E-state index in [1.54, 1.807) is 13.3 Å². The lowest BCUT2D eigenvalue weighted by molar-refractivity contribution is 0.284. The number of nitrogens with zero attached hydrogens (tertiary/aromatic N) is 2. The van der Waals surface area contributed by atoms with Crippen LogP contribution in [0.1, 0.15) is 11.1 Å². The van der Waals surface area contributed by atoms with Gasteiger partial charge in [0.15, 0.2) is 11.5 Å². The number of methoxy groups -OCH3 is 1. The van der Waals surface area contributed by atoms with E-state index < -0.39 is 0 Å². The zero-order valence-corrected chi connectivity index (χ0v) is 17.5. The fourth-order valence-corrected chi connectivity index (χ4v) is 3.05. The third kappa shape index (κ3) is 5.40. The highest BCUT2D eigenvalue weighted by molar-refractivity contribution is 5.81. The molecule has 0 fully saturated rings. The van der Waals surface area contributed by atoms with E-state index in [2.05, 4.69) is 20.5 Å². The summed E-state index contributed by atoms with van der Waals surface area (Å²) in [6.07, 6.45) is 1.61. The summed E-state index contributed by atoms with van der Waals surface area (Å²) in [5.41, 5.74) is 5.79. The van der Waals surface area contributed by atoms with Crippen molar-refractivity contribution in [2.75, 3.05) is 12.5 Å². The Labute approximate surface area is 185 Å². The van der Waals surface area contributed by atoms with Crippen molar-refractivity contribution in [3.63, 3.8) is 0 Å². The van der Waals surface area contributed by atoms with Crippen LogP contribution in [0, 0.1) is 0 Å². The molecule has 7 heteroatoms. The SMILES string of the molecule is COc1cc(/C=N/Nc2nc(-c3ccccc3)cc(=O)[nH]2)ccc1OCc1ccccc1. The van der Waals surface area contributed by atoms with E-state index >= 15 is 0 Å². The van der Waals surface area contributed by atoms with Crippen LogP contribution in [0.3, 0.4) is 0 Å². The maximum atomic E-state index is 12.0. The van der Waals surface area contributed by atoms with Gasteiger partial charge in [0.1, 0.15) is 6.61 Å². The Hall–Kier alpha value is -4.39. The van der Waals surface area contributed by atoms with E-state index in [9.17, 15) is 4.79 Å². The largest absolute Gasteiger partial charge is 0.493 e. The summed E-state index contributed by atoms with van der Waals surface area (Å²) in [5, 5.41) is 4.18. The fourth-order valence-electron chi connectivity index (χ4n) is 3.05. The van der Waals surface area contributed by atoms with Gasteiger partial charge < -0.3 is 9.47 Å². The molecule has 2 N–H and O–H groups in total. The van der Waals surface area contributed by atoms with Crippen LogP contribution in [0.15, 0.2) is 94.8 Å². The third-order valence-corrected chi connectivity index (χ3v) is 4.62. The molecule has 4 rings (SSSR count). The maximum Gasteiger partial charge on any atom is 0.252 e. The molecule has 32 heavy (non-hydrogen) atoms. The highest BCUT2D eigenvalue weighted by atomic mass is 16.5. The van der Waals surface area contributed by atoms with Crippen molar-refractivity contribution >= 4 is 12.2 Å². The van der Waals surface area contributed by atoms with Crippen LogP contribution in [0.25, 0.3) is 11.3 Å². The second-order valence-electron chi connectivity index (χ2n) is 6.90. The topological polar surface area (TPSA) is 88.6 Å². The van der Waals surface area contributed by atoms with Crippen molar-refractivity contribution in [2.45, 2.75) is 6.61 Å². The monoisotopic (exact) mass is 426 g/mol. The van der Waals surface area contributed by atoms with E-state index in [1.165, 1.54) is 6.07 Å². The average molecular weight is 426 g/mol. The molecule has 0 saturated heterocycles. The lowest BCUT2D eigenvalue weighted by atomic mass is 10.1. The first-order valence-electron chi connectivity index (χ1n) is 10.0. The summed E-state index contributed by atoms with van der Waals surface area (Å²) in [4.78, 5) is 19.0. The molecule has 0 bridgehead atoms. The van der Waals surface area contributed by atoms with E-state index in [1.807, 2.05) is 78.9 Å². The van der Waals surface area contributed by atoms with E-state index in [0.717, 1.165) is 16.7 Å². The summed E-state index contributed by atoms with van der Waals surface area (Å²) in [7, 11) is 1.59. The van der Waals surface area contributed by atoms with Crippen LogP contribution in [0.2, 0.25) is 0 Å². The Morgan fingerprint density at radius 1 is 0.969 bits per heavy atom. The molecule has 3 aromatic carbocycles. The number of hydrogen-bond donors (Lipinski definition) is 2. The van der Waals surface area contributed by atoms with Crippen molar-refractivity contribution < 1.29 is 9.47 Å². The maximum absolute atomic E-state index is 12.0. The average Bonchev–Trinajstić information content (AvgIpc) is 2.84. The van der Waals surface area contributed by atoms with Gasteiger partial charge >= 0.3 is 0 Å². The molecule has 1 aromatic heterocycles. The van der Waals surface area contributed by atoms with Crippen LogP contribution >= 0.6 is 0 Å². The molecular weight excluding hydrogens is 404 g/mol. The van der Waals surface area contributed by atoms with Crippen molar-refractivity contribution in [3.05, 3.63) is 106 Å². The molecule has 0 saturated carbocycles. The number of anilines is 1. The summed E-state index contributed by atoms with van der Waals surface area (Å²) in [6, 6.07) is 26.4. The molecule has 0 atom stereocenters. The molecule has 0 spiro atoms. The minimum Gasteiger partial charge on any atom is -0.493 e. The van der Waals surface area contributed by atoms with Crippen molar-refractivity contribution in [1.29, 1.82) is 0 Å². The molecule has 0 radical (unpaired) electrons. The van der Waals surface area contributed by atoms with E-state index in [0.29, 0.717) is 23.8 Å². The number of benzene rings is 3. The predicted molar refractivity (Wildman–Crippen MR) is 125 cm³/mol. The zero-order chi connectivity index (χ0) is 22.2. The van der Waals surface area contributed by atoms with Gasteiger partial charge in [0.25, 0.3) is 5.56 Å². The minimum absolute atomic E-state index is 0.252. The first-order valence-corrected chi connectivity index (χ1v) is 10.0.